The minimum absolute atomic E-state index is 0.0438. The molecule has 2 atom stereocenters. The first-order valence-electron chi connectivity index (χ1n) is 15.3. The number of aromatic nitrogens is 4. The van der Waals surface area contributed by atoms with Crippen LogP contribution in [0.2, 0.25) is 5.02 Å². The lowest BCUT2D eigenvalue weighted by Crippen LogP contribution is -2.42. The van der Waals surface area contributed by atoms with Crippen LogP contribution in [0.1, 0.15) is 56.9 Å². The van der Waals surface area contributed by atoms with Gasteiger partial charge in [-0.25, -0.2) is 32.1 Å². The molecule has 5 aromatic rings. The second-order valence-electron chi connectivity index (χ2n) is 12.4. The average molecular weight is 708 g/mol. The summed E-state index contributed by atoms with van der Waals surface area (Å²) < 4.78 is 33.8. The van der Waals surface area contributed by atoms with Crippen LogP contribution in [0.3, 0.4) is 0 Å². The number of benzene rings is 2. The smallest absolute Gasteiger partial charge is 0.413 e. The van der Waals surface area contributed by atoms with Crippen molar-refractivity contribution in [2.24, 2.45) is 0 Å². The first-order valence-corrected chi connectivity index (χ1v) is 18.0. The van der Waals surface area contributed by atoms with Gasteiger partial charge in [-0.2, -0.15) is 0 Å². The van der Waals surface area contributed by atoms with E-state index in [9.17, 15) is 18.0 Å². The molecule has 0 bridgehead atoms. The number of amides is 2. The molecule has 2 aromatic carbocycles. The Bertz CT molecular complexity index is 2080. The minimum atomic E-state index is -3.89. The Balaban J connectivity index is 1.16. The number of nitrogens with one attached hydrogen (secondary N) is 3. The van der Waals surface area contributed by atoms with Gasteiger partial charge < -0.3 is 15.4 Å². The maximum absolute atomic E-state index is 13.6. The molecule has 15 heteroatoms. The van der Waals surface area contributed by atoms with Gasteiger partial charge in [0.2, 0.25) is 5.95 Å². The first kappa shape index (κ1) is 33.4. The molecule has 3 N–H and O–H groups in total. The van der Waals surface area contributed by atoms with Gasteiger partial charge in [-0.3, -0.25) is 10.1 Å². The molecule has 1 saturated carbocycles. The largest absolute Gasteiger partial charge is 0.444 e. The van der Waals surface area contributed by atoms with Gasteiger partial charge in [0.05, 0.1) is 27.3 Å². The number of fused-ring (bicyclic) bond motifs is 1. The average Bonchev–Trinajstić information content (AvgIpc) is 3.67. The molecular weight excluding hydrogens is 674 g/mol. The summed E-state index contributed by atoms with van der Waals surface area (Å²) in [4.78, 5) is 38.6. The number of carbonyl (C=O) groups excluding carboxylic acids is 2. The third-order valence-electron chi connectivity index (χ3n) is 7.66. The molecule has 12 nitrogen and oxygen atoms in total. The van der Waals surface area contributed by atoms with Crippen LogP contribution in [0, 0.1) is 0 Å². The lowest BCUT2D eigenvalue weighted by molar-refractivity contribution is 0.0635. The van der Waals surface area contributed by atoms with Crippen molar-refractivity contribution in [1.82, 2.24) is 24.2 Å². The Labute approximate surface area is 287 Å². The van der Waals surface area contributed by atoms with Crippen molar-refractivity contribution in [1.29, 1.82) is 0 Å². The highest BCUT2D eigenvalue weighted by atomic mass is 35.5. The summed E-state index contributed by atoms with van der Waals surface area (Å²) >= 11 is 7.76. The Morgan fingerprint density at radius 3 is 2.52 bits per heavy atom. The SMILES string of the molecule is CC(C)(C)OC(=O)Nc1nc(C(=O)NC2CCC[C@@H](Nc3ncc(Cl)c(-c4cn(S(=O)(=O)c5ccccc5)c5ccccc45)n3)C2)cs1. The number of nitrogens with zero attached hydrogens (tertiary/aromatic N) is 4. The Kier molecular flexibility index (Phi) is 9.41. The molecule has 1 unspecified atom stereocenters. The number of halogens is 1. The van der Waals surface area contributed by atoms with Crippen molar-refractivity contribution < 1.29 is 22.7 Å². The maximum Gasteiger partial charge on any atom is 0.413 e. The van der Waals surface area contributed by atoms with E-state index in [1.54, 1.807) is 74.8 Å². The number of anilines is 2. The molecule has 3 aromatic heterocycles. The highest BCUT2D eigenvalue weighted by Crippen LogP contribution is 2.36. The van der Waals surface area contributed by atoms with Gasteiger partial charge in [0.1, 0.15) is 11.3 Å². The van der Waals surface area contributed by atoms with Crippen LogP contribution in [0.4, 0.5) is 15.9 Å². The second-order valence-corrected chi connectivity index (χ2v) is 15.5. The number of rotatable bonds is 8. The quantitative estimate of drug-likeness (QED) is 0.155. The monoisotopic (exact) mass is 707 g/mol. The molecule has 0 spiro atoms. The van der Waals surface area contributed by atoms with Gasteiger partial charge in [-0.05, 0) is 64.7 Å². The topological polar surface area (TPSA) is 157 Å². The Morgan fingerprint density at radius 1 is 1.02 bits per heavy atom. The number of hydrogen-bond donors (Lipinski definition) is 3. The van der Waals surface area contributed by atoms with Crippen molar-refractivity contribution in [3.8, 4) is 11.3 Å². The van der Waals surface area contributed by atoms with Crippen LogP contribution in [0.25, 0.3) is 22.2 Å². The lowest BCUT2D eigenvalue weighted by Gasteiger charge is -2.30. The van der Waals surface area contributed by atoms with Gasteiger partial charge in [-0.15, -0.1) is 11.3 Å². The van der Waals surface area contributed by atoms with Crippen molar-refractivity contribution >= 4 is 66.9 Å². The molecule has 0 aliphatic heterocycles. The van der Waals surface area contributed by atoms with E-state index in [1.807, 2.05) is 12.1 Å². The number of ether oxygens (including phenoxy) is 1. The van der Waals surface area contributed by atoms with Gasteiger partial charge in [-0.1, -0.05) is 48.0 Å². The van der Waals surface area contributed by atoms with E-state index >= 15 is 0 Å². The molecule has 3 heterocycles. The summed E-state index contributed by atoms with van der Waals surface area (Å²) in [7, 11) is -3.89. The van der Waals surface area contributed by atoms with Crippen LogP contribution in [0.15, 0.2) is 77.3 Å². The van der Waals surface area contributed by atoms with Crippen LogP contribution in [-0.4, -0.2) is 57.0 Å². The second kappa shape index (κ2) is 13.5. The van der Waals surface area contributed by atoms with Gasteiger partial charge in [0.25, 0.3) is 15.9 Å². The van der Waals surface area contributed by atoms with Gasteiger partial charge in [0.15, 0.2) is 5.13 Å². The molecule has 1 aliphatic carbocycles. The number of para-hydroxylation sites is 1. The predicted octanol–water partition coefficient (Wildman–Crippen LogP) is 6.95. The van der Waals surface area contributed by atoms with E-state index in [0.717, 1.165) is 30.6 Å². The molecule has 1 fully saturated rings. The number of carbonyl (C=O) groups is 2. The zero-order valence-corrected chi connectivity index (χ0v) is 28.8. The lowest BCUT2D eigenvalue weighted by atomic mass is 9.91. The first-order chi connectivity index (χ1) is 22.9. The zero-order chi connectivity index (χ0) is 34.1. The van der Waals surface area contributed by atoms with E-state index < -0.39 is 21.7 Å². The third kappa shape index (κ3) is 7.45. The fourth-order valence-electron chi connectivity index (χ4n) is 5.59. The molecule has 0 saturated heterocycles. The van der Waals surface area contributed by atoms with Crippen LogP contribution in [-0.2, 0) is 14.8 Å². The fraction of sp³-hybridized carbons (Fsp3) is 0.303. The Hall–Kier alpha value is -4.53. The van der Waals surface area contributed by atoms with Crippen molar-refractivity contribution in [2.75, 3.05) is 10.6 Å². The standard InChI is InChI=1S/C33H34ClN7O5S2/c1-33(2,3)46-32(43)40-31-38-26(19-47-31)29(42)36-20-10-9-11-21(16-20)37-30-35-17-25(34)28(39-30)24-18-41(27-15-8-7-14-23(24)27)48(44,45)22-12-5-4-6-13-22/h4-8,12-15,17-21H,9-11,16H2,1-3H3,(H,36,42)(H,35,37,39)(H,38,40,43)/t20?,21-/m1/s1. The molecule has 1 aliphatic rings. The number of hydrogen-bond acceptors (Lipinski definition) is 10. The fourth-order valence-corrected chi connectivity index (χ4v) is 7.85. The van der Waals surface area contributed by atoms with E-state index in [4.69, 9.17) is 21.3 Å². The van der Waals surface area contributed by atoms with E-state index in [-0.39, 0.29) is 38.7 Å². The highest BCUT2D eigenvalue weighted by Gasteiger charge is 2.27. The van der Waals surface area contributed by atoms with Gasteiger partial charge >= 0.3 is 6.09 Å². The summed E-state index contributed by atoms with van der Waals surface area (Å²) in [5.41, 5.74) is 1.00. The molecule has 6 rings (SSSR count). The highest BCUT2D eigenvalue weighted by molar-refractivity contribution is 7.90. The Morgan fingerprint density at radius 2 is 1.75 bits per heavy atom. The molecule has 250 valence electrons. The summed E-state index contributed by atoms with van der Waals surface area (Å²) in [6.07, 6.45) is 5.51. The zero-order valence-electron chi connectivity index (χ0n) is 26.4. The molecule has 48 heavy (non-hydrogen) atoms. The van der Waals surface area contributed by atoms with E-state index in [0.29, 0.717) is 34.5 Å². The van der Waals surface area contributed by atoms with Crippen molar-refractivity contribution in [2.45, 2.75) is 69.0 Å². The predicted molar refractivity (Wildman–Crippen MR) is 186 cm³/mol. The van der Waals surface area contributed by atoms with Crippen molar-refractivity contribution in [3.05, 3.63) is 83.1 Å². The third-order valence-corrected chi connectivity index (χ3v) is 10.4. The summed E-state index contributed by atoms with van der Waals surface area (Å²) in [5.74, 6) is 0.00694. The minimum Gasteiger partial charge on any atom is -0.444 e. The summed E-state index contributed by atoms with van der Waals surface area (Å²) in [5, 5.41) is 11.8. The summed E-state index contributed by atoms with van der Waals surface area (Å²) in [6.45, 7) is 5.29. The number of thiazole rings is 1. The van der Waals surface area contributed by atoms with E-state index in [2.05, 4.69) is 25.9 Å². The van der Waals surface area contributed by atoms with Crippen molar-refractivity contribution in [3.63, 3.8) is 0 Å². The molecular formula is C33H34ClN7O5S2. The van der Waals surface area contributed by atoms with Crippen LogP contribution >= 0.6 is 22.9 Å². The van der Waals surface area contributed by atoms with Crippen LogP contribution in [0.5, 0.6) is 0 Å². The molecule has 2 amide bonds. The molecule has 0 radical (unpaired) electrons. The summed E-state index contributed by atoms with van der Waals surface area (Å²) in [6, 6.07) is 15.3. The van der Waals surface area contributed by atoms with Crippen LogP contribution < -0.4 is 16.0 Å². The van der Waals surface area contributed by atoms with Gasteiger partial charge in [0, 0.05) is 34.6 Å². The van der Waals surface area contributed by atoms with E-state index in [1.165, 1.54) is 10.2 Å². The normalized spacial score (nSPS) is 16.8. The maximum atomic E-state index is 13.6.